The molecule has 0 saturated carbocycles. The third-order valence-electron chi connectivity index (χ3n) is 3.05. The maximum absolute atomic E-state index is 5.82. The number of nitrogens with zero attached hydrogens (tertiary/aromatic N) is 1. The Balaban J connectivity index is 2.18. The Morgan fingerprint density at radius 1 is 1.41 bits per heavy atom. The van der Waals surface area contributed by atoms with Gasteiger partial charge in [-0.2, -0.15) is 0 Å². The first-order valence-electron chi connectivity index (χ1n) is 6.10. The highest BCUT2D eigenvalue weighted by atomic mass is 15.1. The van der Waals surface area contributed by atoms with Crippen molar-refractivity contribution in [1.29, 1.82) is 0 Å². The van der Waals surface area contributed by atoms with Crippen LogP contribution in [0.15, 0.2) is 35.8 Å². The quantitative estimate of drug-likeness (QED) is 0.475. The normalized spacial score (nSPS) is 15.2. The number of hydrogen-bond donors (Lipinski definition) is 2. The van der Waals surface area contributed by atoms with E-state index in [1.807, 2.05) is 0 Å². The van der Waals surface area contributed by atoms with Gasteiger partial charge in [0, 0.05) is 5.69 Å². The Kier molecular flexibility index (Phi) is 3.81. The van der Waals surface area contributed by atoms with E-state index in [0.29, 0.717) is 12.5 Å². The third-order valence-corrected chi connectivity index (χ3v) is 3.05. The lowest BCUT2D eigenvalue weighted by Crippen LogP contribution is -2.24. The lowest BCUT2D eigenvalue weighted by molar-refractivity contribution is 0.687. The summed E-state index contributed by atoms with van der Waals surface area (Å²) < 4.78 is 0. The SMILES string of the molecule is C=CCN=C(N)Nc1cccc2c1CCCC2. The molecule has 1 aromatic carbocycles. The van der Waals surface area contributed by atoms with Gasteiger partial charge in [-0.3, -0.25) is 0 Å². The van der Waals surface area contributed by atoms with Crippen molar-refractivity contribution in [2.24, 2.45) is 10.7 Å². The molecule has 90 valence electrons. The first-order chi connectivity index (χ1) is 8.31. The van der Waals surface area contributed by atoms with Crippen LogP contribution in [-0.2, 0) is 12.8 Å². The molecule has 0 heterocycles. The van der Waals surface area contributed by atoms with Gasteiger partial charge < -0.3 is 11.1 Å². The Morgan fingerprint density at radius 2 is 2.24 bits per heavy atom. The number of nitrogens with one attached hydrogen (secondary N) is 1. The molecule has 1 aliphatic rings. The number of guanidine groups is 1. The van der Waals surface area contributed by atoms with Crippen molar-refractivity contribution in [1.82, 2.24) is 0 Å². The summed E-state index contributed by atoms with van der Waals surface area (Å²) in [6.07, 6.45) is 6.59. The molecule has 0 bridgehead atoms. The van der Waals surface area contributed by atoms with Crippen molar-refractivity contribution in [2.45, 2.75) is 25.7 Å². The van der Waals surface area contributed by atoms with Gasteiger partial charge in [0.1, 0.15) is 0 Å². The molecule has 0 unspecified atom stereocenters. The van der Waals surface area contributed by atoms with Crippen LogP contribution >= 0.6 is 0 Å². The van der Waals surface area contributed by atoms with Gasteiger partial charge in [-0.25, -0.2) is 4.99 Å². The molecular weight excluding hydrogens is 210 g/mol. The van der Waals surface area contributed by atoms with Gasteiger partial charge in [0.25, 0.3) is 0 Å². The molecule has 1 aliphatic carbocycles. The number of nitrogens with two attached hydrogens (primary N) is 1. The van der Waals surface area contributed by atoms with Crippen molar-refractivity contribution in [3.63, 3.8) is 0 Å². The molecule has 0 spiro atoms. The molecule has 3 N–H and O–H groups in total. The second kappa shape index (κ2) is 5.53. The van der Waals surface area contributed by atoms with Gasteiger partial charge in [-0.15, -0.1) is 6.58 Å². The molecule has 0 radical (unpaired) electrons. The van der Waals surface area contributed by atoms with Crippen LogP contribution in [0.5, 0.6) is 0 Å². The highest BCUT2D eigenvalue weighted by Gasteiger charge is 2.12. The molecule has 0 atom stereocenters. The van der Waals surface area contributed by atoms with Crippen LogP contribution in [0.2, 0.25) is 0 Å². The number of aliphatic imine (C=N–C) groups is 1. The number of benzene rings is 1. The fraction of sp³-hybridized carbons (Fsp3) is 0.357. The molecule has 0 amide bonds. The summed E-state index contributed by atoms with van der Waals surface area (Å²) in [5.41, 5.74) is 9.76. The van der Waals surface area contributed by atoms with Crippen LogP contribution < -0.4 is 11.1 Å². The van der Waals surface area contributed by atoms with Gasteiger partial charge in [-0.05, 0) is 42.9 Å². The molecule has 0 aliphatic heterocycles. The third kappa shape index (κ3) is 2.87. The van der Waals surface area contributed by atoms with Gasteiger partial charge in [-0.1, -0.05) is 18.2 Å². The summed E-state index contributed by atoms with van der Waals surface area (Å²) in [5, 5.41) is 3.18. The van der Waals surface area contributed by atoms with Gasteiger partial charge >= 0.3 is 0 Å². The van der Waals surface area contributed by atoms with Crippen molar-refractivity contribution < 1.29 is 0 Å². The number of rotatable bonds is 3. The van der Waals surface area contributed by atoms with E-state index in [1.54, 1.807) is 6.08 Å². The van der Waals surface area contributed by atoms with Gasteiger partial charge in [0.2, 0.25) is 0 Å². The smallest absolute Gasteiger partial charge is 0.193 e. The first kappa shape index (κ1) is 11.7. The number of hydrogen-bond acceptors (Lipinski definition) is 1. The monoisotopic (exact) mass is 229 g/mol. The molecule has 0 saturated heterocycles. The van der Waals surface area contributed by atoms with Crippen LogP contribution in [0.4, 0.5) is 5.69 Å². The van der Waals surface area contributed by atoms with Crippen molar-refractivity contribution >= 4 is 11.6 Å². The predicted octanol–water partition coefficient (Wildman–Crippen LogP) is 2.48. The standard InChI is InChI=1S/C14H19N3/c1-2-10-16-14(15)17-13-9-5-7-11-6-3-4-8-12(11)13/h2,5,7,9H,1,3-4,6,8,10H2,(H3,15,16,17). The van der Waals surface area contributed by atoms with E-state index in [1.165, 1.54) is 30.4 Å². The van der Waals surface area contributed by atoms with Crippen molar-refractivity contribution in [3.05, 3.63) is 42.0 Å². The minimum atomic E-state index is 0.462. The fourth-order valence-electron chi connectivity index (χ4n) is 2.24. The maximum atomic E-state index is 5.82. The summed E-state index contributed by atoms with van der Waals surface area (Å²) >= 11 is 0. The zero-order chi connectivity index (χ0) is 12.1. The van der Waals surface area contributed by atoms with Crippen LogP contribution in [0, 0.1) is 0 Å². The maximum Gasteiger partial charge on any atom is 0.193 e. The molecule has 17 heavy (non-hydrogen) atoms. The van der Waals surface area contributed by atoms with Crippen LogP contribution in [0.25, 0.3) is 0 Å². The fourth-order valence-corrected chi connectivity index (χ4v) is 2.24. The minimum absolute atomic E-state index is 0.462. The minimum Gasteiger partial charge on any atom is -0.370 e. The van der Waals surface area contributed by atoms with E-state index < -0.39 is 0 Å². The zero-order valence-electron chi connectivity index (χ0n) is 10.1. The van der Waals surface area contributed by atoms with Crippen LogP contribution in [0.3, 0.4) is 0 Å². The molecule has 1 aromatic rings. The molecule has 2 rings (SSSR count). The number of anilines is 1. The topological polar surface area (TPSA) is 50.4 Å². The van der Waals surface area contributed by atoms with E-state index in [9.17, 15) is 0 Å². The van der Waals surface area contributed by atoms with Gasteiger partial charge in [0.15, 0.2) is 5.96 Å². The largest absolute Gasteiger partial charge is 0.370 e. The predicted molar refractivity (Wildman–Crippen MR) is 73.4 cm³/mol. The Bertz CT molecular complexity index is 435. The average Bonchev–Trinajstić information content (AvgIpc) is 2.37. The highest BCUT2D eigenvalue weighted by molar-refractivity contribution is 5.93. The number of aryl methyl sites for hydroxylation is 1. The van der Waals surface area contributed by atoms with E-state index in [0.717, 1.165) is 12.1 Å². The lowest BCUT2D eigenvalue weighted by Gasteiger charge is -2.19. The first-order valence-corrected chi connectivity index (χ1v) is 6.10. The second-order valence-electron chi connectivity index (χ2n) is 4.29. The van der Waals surface area contributed by atoms with E-state index in [2.05, 4.69) is 35.1 Å². The Hall–Kier alpha value is -1.77. The van der Waals surface area contributed by atoms with Gasteiger partial charge in [0.05, 0.1) is 6.54 Å². The van der Waals surface area contributed by atoms with Crippen molar-refractivity contribution in [3.8, 4) is 0 Å². The Labute approximate surface area is 102 Å². The highest BCUT2D eigenvalue weighted by Crippen LogP contribution is 2.27. The van der Waals surface area contributed by atoms with E-state index in [4.69, 9.17) is 5.73 Å². The molecule has 3 nitrogen and oxygen atoms in total. The number of fused-ring (bicyclic) bond motifs is 1. The van der Waals surface area contributed by atoms with E-state index >= 15 is 0 Å². The Morgan fingerprint density at radius 3 is 3.06 bits per heavy atom. The van der Waals surface area contributed by atoms with Crippen LogP contribution in [0.1, 0.15) is 24.0 Å². The van der Waals surface area contributed by atoms with Crippen LogP contribution in [-0.4, -0.2) is 12.5 Å². The summed E-state index contributed by atoms with van der Waals surface area (Å²) in [6.45, 7) is 4.17. The molecule has 3 heteroatoms. The second-order valence-corrected chi connectivity index (χ2v) is 4.29. The summed E-state index contributed by atoms with van der Waals surface area (Å²) in [4.78, 5) is 4.15. The lowest BCUT2D eigenvalue weighted by atomic mass is 9.90. The molecule has 0 aromatic heterocycles. The molecule has 0 fully saturated rings. The molecular formula is C14H19N3. The summed E-state index contributed by atoms with van der Waals surface area (Å²) in [5.74, 6) is 0.462. The van der Waals surface area contributed by atoms with E-state index in [-0.39, 0.29) is 0 Å². The average molecular weight is 229 g/mol. The summed E-state index contributed by atoms with van der Waals surface area (Å²) in [7, 11) is 0. The summed E-state index contributed by atoms with van der Waals surface area (Å²) in [6, 6.07) is 6.35. The van der Waals surface area contributed by atoms with Crippen molar-refractivity contribution in [2.75, 3.05) is 11.9 Å². The zero-order valence-corrected chi connectivity index (χ0v) is 10.1.